The van der Waals surface area contributed by atoms with Crippen molar-refractivity contribution in [2.45, 2.75) is 102 Å². The first-order valence-electron chi connectivity index (χ1n) is 10.8. The number of aromatic amines is 1. The van der Waals surface area contributed by atoms with E-state index in [1.54, 1.807) is 10.8 Å². The summed E-state index contributed by atoms with van der Waals surface area (Å²) in [7, 11) is -4.42. The molecule has 1 aromatic heterocycles. The van der Waals surface area contributed by atoms with Crippen molar-refractivity contribution in [2.75, 3.05) is 6.61 Å². The Hall–Kier alpha value is -0.626. The van der Waals surface area contributed by atoms with Crippen molar-refractivity contribution < 1.29 is 18.7 Å². The van der Waals surface area contributed by atoms with Crippen LogP contribution in [0, 0.1) is 4.77 Å². The highest BCUT2D eigenvalue weighted by atomic mass is 32.1. The largest absolute Gasteiger partial charge is 0.408 e. The normalized spacial score (nSPS) is 25.8. The van der Waals surface area contributed by atoms with Crippen molar-refractivity contribution >= 4 is 28.9 Å². The van der Waals surface area contributed by atoms with Gasteiger partial charge in [0.2, 0.25) is 0 Å². The molecule has 1 aliphatic heterocycles. The number of hydrogen-bond acceptors (Lipinski definition) is 6. The van der Waals surface area contributed by atoms with E-state index in [0.717, 1.165) is 0 Å². The number of aromatic nitrogens is 2. The second-order valence-corrected chi connectivity index (χ2v) is 21.3. The summed E-state index contributed by atoms with van der Waals surface area (Å²) in [6.07, 6.45) is -0.450. The molecule has 1 saturated heterocycles. The molecule has 7 nitrogen and oxygen atoms in total. The highest BCUT2D eigenvalue weighted by Gasteiger charge is 2.54. The maximum atomic E-state index is 11.7. The minimum atomic E-state index is -2.22. The third-order valence-electron chi connectivity index (χ3n) is 7.06. The molecule has 0 spiro atoms. The van der Waals surface area contributed by atoms with Gasteiger partial charge in [-0.15, -0.1) is 0 Å². The minimum absolute atomic E-state index is 0.0130. The summed E-state index contributed by atoms with van der Waals surface area (Å²) in [5.74, 6) is 0. The third kappa shape index (κ3) is 5.66. The molecule has 0 aliphatic carbocycles. The van der Waals surface area contributed by atoms with Crippen LogP contribution < -0.4 is 5.56 Å². The van der Waals surface area contributed by atoms with Gasteiger partial charge in [-0.2, -0.15) is 0 Å². The maximum absolute atomic E-state index is 11.7. The van der Waals surface area contributed by atoms with Gasteiger partial charge in [0, 0.05) is 12.3 Å². The summed E-state index contributed by atoms with van der Waals surface area (Å²) < 4.78 is 21.9. The number of rotatable bonds is 6. The summed E-state index contributed by atoms with van der Waals surface area (Å²) in [4.78, 5) is 14.4. The zero-order chi connectivity index (χ0) is 24.0. The third-order valence-corrected chi connectivity index (χ3v) is 16.3. The van der Waals surface area contributed by atoms with Crippen molar-refractivity contribution in [2.24, 2.45) is 0 Å². The number of aliphatic hydroxyl groups is 1. The Kier molecular flexibility index (Phi) is 7.70. The van der Waals surface area contributed by atoms with Gasteiger partial charge in [0.25, 0.3) is 5.56 Å². The van der Waals surface area contributed by atoms with E-state index in [0.29, 0.717) is 0 Å². The zero-order valence-electron chi connectivity index (χ0n) is 20.6. The molecule has 1 aromatic rings. The highest BCUT2D eigenvalue weighted by Crippen LogP contribution is 2.45. The molecule has 0 aromatic carbocycles. The fraction of sp³-hybridized carbons (Fsp3) is 0.810. The molecule has 0 unspecified atom stereocenters. The molecule has 0 radical (unpaired) electrons. The van der Waals surface area contributed by atoms with Crippen LogP contribution in [0.2, 0.25) is 36.3 Å². The summed E-state index contributed by atoms with van der Waals surface area (Å²) in [6.45, 7) is 21.6. The molecular formula is C21H40N2O5SSi2. The smallest absolute Gasteiger partial charge is 0.251 e. The van der Waals surface area contributed by atoms with Crippen molar-refractivity contribution in [1.82, 2.24) is 9.55 Å². The van der Waals surface area contributed by atoms with Crippen molar-refractivity contribution in [3.8, 4) is 0 Å². The van der Waals surface area contributed by atoms with Gasteiger partial charge < -0.3 is 18.7 Å². The average Bonchev–Trinajstić information content (AvgIpc) is 2.89. The lowest BCUT2D eigenvalue weighted by molar-refractivity contribution is -0.0521. The van der Waals surface area contributed by atoms with Crippen LogP contribution in [0.5, 0.6) is 0 Å². The first kappa shape index (κ1) is 26.6. The lowest BCUT2D eigenvalue weighted by Crippen LogP contribution is -2.54. The quantitative estimate of drug-likeness (QED) is 0.450. The number of H-pyrrole nitrogens is 1. The Morgan fingerprint density at radius 1 is 1.06 bits per heavy atom. The van der Waals surface area contributed by atoms with Crippen LogP contribution in [-0.4, -0.2) is 56.2 Å². The van der Waals surface area contributed by atoms with Gasteiger partial charge >= 0.3 is 0 Å². The molecule has 2 heterocycles. The van der Waals surface area contributed by atoms with Crippen molar-refractivity contribution in [3.05, 3.63) is 27.4 Å². The Morgan fingerprint density at radius 2 is 1.55 bits per heavy atom. The zero-order valence-corrected chi connectivity index (χ0v) is 23.4. The topological polar surface area (TPSA) is 85.7 Å². The van der Waals surface area contributed by atoms with E-state index in [2.05, 4.69) is 72.7 Å². The monoisotopic (exact) mass is 488 g/mol. The van der Waals surface area contributed by atoms with E-state index in [-0.39, 0.29) is 27.0 Å². The standard InChI is InChI=1S/C21H40N2O5SSi2/c1-20(2,3)30(7,8)27-16-14(13-24)26-18(23-12-11-15(25)22-19(23)29)17(16)28-31(9,10)21(4,5)6/h11-12,14,16-18,24H,13H2,1-10H3,(H,22,25,29)/t14-,16-,17-,18-/m1/s1. The van der Waals surface area contributed by atoms with Gasteiger partial charge in [-0.05, 0) is 48.5 Å². The Labute approximate surface area is 193 Å². The minimum Gasteiger partial charge on any atom is -0.408 e. The van der Waals surface area contributed by atoms with Crippen LogP contribution in [0.3, 0.4) is 0 Å². The molecule has 4 atom stereocenters. The first-order chi connectivity index (χ1) is 13.9. The fourth-order valence-electron chi connectivity index (χ4n) is 3.01. The highest BCUT2D eigenvalue weighted by molar-refractivity contribution is 7.71. The second kappa shape index (κ2) is 8.96. The molecule has 31 heavy (non-hydrogen) atoms. The molecule has 0 bridgehead atoms. The predicted octanol–water partition coefficient (Wildman–Crippen LogP) is 4.58. The number of ether oxygens (including phenoxy) is 1. The Morgan fingerprint density at radius 3 is 1.97 bits per heavy atom. The van der Waals surface area contributed by atoms with Gasteiger partial charge in [-0.1, -0.05) is 41.5 Å². The lowest BCUT2D eigenvalue weighted by atomic mass is 10.1. The van der Waals surface area contributed by atoms with E-state index in [1.807, 2.05) is 0 Å². The first-order valence-corrected chi connectivity index (χ1v) is 17.1. The van der Waals surface area contributed by atoms with Crippen LogP contribution in [0.4, 0.5) is 0 Å². The summed E-state index contributed by atoms with van der Waals surface area (Å²) in [6, 6.07) is 1.42. The summed E-state index contributed by atoms with van der Waals surface area (Å²) in [5, 5.41) is 10.1. The molecule has 2 rings (SSSR count). The van der Waals surface area contributed by atoms with E-state index in [4.69, 9.17) is 25.8 Å². The number of nitrogens with one attached hydrogen (secondary N) is 1. The molecule has 10 heteroatoms. The molecule has 0 amide bonds. The van der Waals surface area contributed by atoms with Gasteiger partial charge in [0.15, 0.2) is 27.6 Å². The predicted molar refractivity (Wildman–Crippen MR) is 131 cm³/mol. The van der Waals surface area contributed by atoms with Crippen LogP contribution in [0.15, 0.2) is 17.1 Å². The van der Waals surface area contributed by atoms with Gasteiger partial charge in [0.1, 0.15) is 18.3 Å². The number of hydrogen-bond donors (Lipinski definition) is 2. The molecule has 1 fully saturated rings. The van der Waals surface area contributed by atoms with E-state index in [1.165, 1.54) is 6.07 Å². The van der Waals surface area contributed by atoms with Crippen LogP contribution in [-0.2, 0) is 13.6 Å². The van der Waals surface area contributed by atoms with Crippen molar-refractivity contribution in [1.29, 1.82) is 0 Å². The Balaban J connectivity index is 2.57. The molecule has 0 saturated carbocycles. The average molecular weight is 489 g/mol. The SMILES string of the molecule is CC(C)(C)[Si](C)(C)O[C@@H]1[C@H](O[Si](C)(C)C(C)(C)C)[C@@H](CO)O[C@H]1n1ccc(=O)[nH]c1=S. The fourth-order valence-corrected chi connectivity index (χ4v) is 5.88. The summed E-state index contributed by atoms with van der Waals surface area (Å²) >= 11 is 5.41. The van der Waals surface area contributed by atoms with Crippen LogP contribution >= 0.6 is 12.2 Å². The summed E-state index contributed by atoms with van der Waals surface area (Å²) in [5.41, 5.74) is -0.270. The molecular weight excluding hydrogens is 448 g/mol. The lowest BCUT2D eigenvalue weighted by Gasteiger charge is -2.44. The van der Waals surface area contributed by atoms with E-state index in [9.17, 15) is 9.90 Å². The number of aliphatic hydroxyl groups excluding tert-OH is 1. The van der Waals surface area contributed by atoms with Crippen molar-refractivity contribution in [3.63, 3.8) is 0 Å². The van der Waals surface area contributed by atoms with Gasteiger partial charge in [-0.3, -0.25) is 14.3 Å². The maximum Gasteiger partial charge on any atom is 0.251 e. The molecule has 1 aliphatic rings. The van der Waals surface area contributed by atoms with E-state index >= 15 is 0 Å². The molecule has 2 N–H and O–H groups in total. The molecule has 178 valence electrons. The Bertz CT molecular complexity index is 885. The van der Waals surface area contributed by atoms with Gasteiger partial charge in [-0.25, -0.2) is 0 Å². The van der Waals surface area contributed by atoms with Crippen LogP contribution in [0.25, 0.3) is 0 Å². The van der Waals surface area contributed by atoms with Crippen LogP contribution in [0.1, 0.15) is 47.8 Å². The van der Waals surface area contributed by atoms with Gasteiger partial charge in [0.05, 0.1) is 6.61 Å². The second-order valence-electron chi connectivity index (χ2n) is 11.5. The number of nitrogens with zero attached hydrogens (tertiary/aromatic N) is 1. The van der Waals surface area contributed by atoms with E-state index < -0.39 is 41.2 Å².